The Bertz CT molecular complexity index is 521. The minimum absolute atomic E-state index is 0. The molecule has 0 radical (unpaired) electrons. The largest absolute Gasteiger partial charge is 0.379 e. The Kier molecular flexibility index (Phi) is 12.0. The Hall–Kier alpha value is -0.850. The predicted octanol–water partition coefficient (Wildman–Crippen LogP) is 2.80. The van der Waals surface area contributed by atoms with E-state index in [4.69, 9.17) is 4.74 Å². The molecule has 1 unspecified atom stereocenters. The lowest BCUT2D eigenvalue weighted by molar-refractivity contribution is -0.122. The number of ether oxygens (including phenoxy) is 1. The number of piperidine rings is 1. The molecular formula is C20H33Cl2N3O2. The first-order valence-corrected chi connectivity index (χ1v) is 9.66. The highest BCUT2D eigenvalue weighted by atomic mass is 35.5. The maximum Gasteiger partial charge on any atom is 0.220 e. The van der Waals surface area contributed by atoms with E-state index in [9.17, 15) is 4.79 Å². The van der Waals surface area contributed by atoms with Crippen molar-refractivity contribution in [1.29, 1.82) is 0 Å². The van der Waals surface area contributed by atoms with Gasteiger partial charge in [-0.2, -0.15) is 0 Å². The van der Waals surface area contributed by atoms with Crippen LogP contribution in [0.15, 0.2) is 30.3 Å². The van der Waals surface area contributed by atoms with Gasteiger partial charge >= 0.3 is 0 Å². The summed E-state index contributed by atoms with van der Waals surface area (Å²) in [5, 5.41) is 6.67. The van der Waals surface area contributed by atoms with Gasteiger partial charge in [0.15, 0.2) is 0 Å². The number of carbonyl (C=O) groups excluding carboxylic acids is 1. The van der Waals surface area contributed by atoms with Gasteiger partial charge in [0.1, 0.15) is 0 Å². The van der Waals surface area contributed by atoms with E-state index in [0.717, 1.165) is 52.4 Å². The molecular weight excluding hydrogens is 385 g/mol. The summed E-state index contributed by atoms with van der Waals surface area (Å²) in [6.07, 6.45) is 4.04. The molecule has 2 fully saturated rings. The second-order valence-corrected chi connectivity index (χ2v) is 7.18. The summed E-state index contributed by atoms with van der Waals surface area (Å²) in [7, 11) is 0. The number of rotatable bonds is 7. The SMILES string of the molecule is Cl.Cl.O=C(CCC1CCNCC1)NC(CN1CCOCC1)c1ccccc1. The number of nitrogens with zero attached hydrogens (tertiary/aromatic N) is 1. The highest BCUT2D eigenvalue weighted by molar-refractivity contribution is 5.85. The van der Waals surface area contributed by atoms with Crippen molar-refractivity contribution in [3.63, 3.8) is 0 Å². The minimum Gasteiger partial charge on any atom is -0.379 e. The number of morpholine rings is 1. The molecule has 2 aliphatic rings. The average molecular weight is 418 g/mol. The summed E-state index contributed by atoms with van der Waals surface area (Å²) in [6, 6.07) is 10.4. The van der Waals surface area contributed by atoms with E-state index < -0.39 is 0 Å². The highest BCUT2D eigenvalue weighted by Gasteiger charge is 2.21. The van der Waals surface area contributed by atoms with Gasteiger partial charge < -0.3 is 15.4 Å². The van der Waals surface area contributed by atoms with E-state index in [1.54, 1.807) is 0 Å². The molecule has 1 aromatic carbocycles. The monoisotopic (exact) mass is 417 g/mol. The highest BCUT2D eigenvalue weighted by Crippen LogP contribution is 2.19. The summed E-state index contributed by atoms with van der Waals surface area (Å²) in [5.74, 6) is 0.877. The average Bonchev–Trinajstić information content (AvgIpc) is 2.68. The van der Waals surface area contributed by atoms with Crippen molar-refractivity contribution in [3.05, 3.63) is 35.9 Å². The van der Waals surface area contributed by atoms with E-state index >= 15 is 0 Å². The Labute approximate surface area is 175 Å². The second kappa shape index (κ2) is 13.3. The maximum atomic E-state index is 12.5. The van der Waals surface area contributed by atoms with Crippen molar-refractivity contribution >= 4 is 30.7 Å². The van der Waals surface area contributed by atoms with Crippen LogP contribution in [0.3, 0.4) is 0 Å². The molecule has 0 saturated carbocycles. The van der Waals surface area contributed by atoms with Gasteiger partial charge in [0.05, 0.1) is 19.3 Å². The van der Waals surface area contributed by atoms with Crippen LogP contribution in [0.5, 0.6) is 0 Å². The quantitative estimate of drug-likeness (QED) is 0.715. The minimum atomic E-state index is 0. The molecule has 1 amide bonds. The molecule has 5 nitrogen and oxygen atoms in total. The molecule has 2 N–H and O–H groups in total. The van der Waals surface area contributed by atoms with Gasteiger partial charge in [-0.05, 0) is 43.8 Å². The van der Waals surface area contributed by atoms with Gasteiger partial charge in [-0.3, -0.25) is 9.69 Å². The van der Waals surface area contributed by atoms with Crippen molar-refractivity contribution < 1.29 is 9.53 Å². The van der Waals surface area contributed by atoms with Gasteiger partial charge in [0.25, 0.3) is 0 Å². The van der Waals surface area contributed by atoms with Crippen LogP contribution in [-0.2, 0) is 9.53 Å². The van der Waals surface area contributed by atoms with Crippen molar-refractivity contribution in [2.24, 2.45) is 5.92 Å². The molecule has 0 spiro atoms. The van der Waals surface area contributed by atoms with Crippen LogP contribution in [0.25, 0.3) is 0 Å². The van der Waals surface area contributed by atoms with E-state index in [0.29, 0.717) is 12.3 Å². The van der Waals surface area contributed by atoms with Crippen molar-refractivity contribution in [2.45, 2.75) is 31.7 Å². The van der Waals surface area contributed by atoms with E-state index in [1.807, 2.05) is 18.2 Å². The topological polar surface area (TPSA) is 53.6 Å². The molecule has 3 rings (SSSR count). The van der Waals surface area contributed by atoms with Gasteiger partial charge in [0, 0.05) is 26.1 Å². The molecule has 2 heterocycles. The first-order valence-electron chi connectivity index (χ1n) is 9.66. The number of halogens is 2. The standard InChI is InChI=1S/C20H31N3O2.2ClH/c24-20(7-6-17-8-10-21-11-9-17)22-19(18-4-2-1-3-5-18)16-23-12-14-25-15-13-23;;/h1-5,17,19,21H,6-16H2,(H,22,24);2*1H. The molecule has 1 aromatic rings. The number of amides is 1. The molecule has 0 aliphatic carbocycles. The number of hydrogen-bond acceptors (Lipinski definition) is 4. The molecule has 2 aliphatic heterocycles. The van der Waals surface area contributed by atoms with E-state index in [2.05, 4.69) is 27.7 Å². The Morgan fingerprint density at radius 2 is 1.81 bits per heavy atom. The number of benzene rings is 1. The van der Waals surface area contributed by atoms with Crippen LogP contribution < -0.4 is 10.6 Å². The molecule has 0 aromatic heterocycles. The fraction of sp³-hybridized carbons (Fsp3) is 0.650. The molecule has 2 saturated heterocycles. The summed E-state index contributed by atoms with van der Waals surface area (Å²) in [4.78, 5) is 14.9. The van der Waals surface area contributed by atoms with Gasteiger partial charge in [-0.1, -0.05) is 30.3 Å². The number of nitrogens with one attached hydrogen (secondary N) is 2. The Morgan fingerprint density at radius 1 is 1.15 bits per heavy atom. The first kappa shape index (κ1) is 24.2. The van der Waals surface area contributed by atoms with Crippen molar-refractivity contribution in [2.75, 3.05) is 45.9 Å². The predicted molar refractivity (Wildman–Crippen MR) is 114 cm³/mol. The van der Waals surface area contributed by atoms with E-state index in [-0.39, 0.29) is 36.8 Å². The number of hydrogen-bond donors (Lipinski definition) is 2. The fourth-order valence-electron chi connectivity index (χ4n) is 3.73. The van der Waals surface area contributed by atoms with Crippen LogP contribution in [0, 0.1) is 5.92 Å². The third-order valence-electron chi connectivity index (χ3n) is 5.32. The van der Waals surface area contributed by atoms with E-state index in [1.165, 1.54) is 18.4 Å². The van der Waals surface area contributed by atoms with Gasteiger partial charge in [-0.15, -0.1) is 24.8 Å². The van der Waals surface area contributed by atoms with Gasteiger partial charge in [0.2, 0.25) is 5.91 Å². The lowest BCUT2D eigenvalue weighted by Gasteiger charge is -2.31. The smallest absolute Gasteiger partial charge is 0.220 e. The Morgan fingerprint density at radius 3 is 2.48 bits per heavy atom. The molecule has 0 bridgehead atoms. The molecule has 7 heteroatoms. The summed E-state index contributed by atoms with van der Waals surface area (Å²) in [6.45, 7) is 6.48. The summed E-state index contributed by atoms with van der Waals surface area (Å²) >= 11 is 0. The Balaban J connectivity index is 0.00000182. The zero-order chi connectivity index (χ0) is 17.3. The lowest BCUT2D eigenvalue weighted by atomic mass is 9.93. The van der Waals surface area contributed by atoms with Crippen LogP contribution in [0.4, 0.5) is 0 Å². The van der Waals surface area contributed by atoms with Crippen molar-refractivity contribution in [3.8, 4) is 0 Å². The van der Waals surface area contributed by atoms with Crippen LogP contribution in [0.1, 0.15) is 37.3 Å². The zero-order valence-electron chi connectivity index (χ0n) is 15.9. The maximum absolute atomic E-state index is 12.5. The third-order valence-corrected chi connectivity index (χ3v) is 5.32. The zero-order valence-corrected chi connectivity index (χ0v) is 17.5. The first-order chi connectivity index (χ1) is 12.3. The van der Waals surface area contributed by atoms with Gasteiger partial charge in [-0.25, -0.2) is 0 Å². The normalized spacial score (nSPS) is 19.4. The van der Waals surface area contributed by atoms with Crippen LogP contribution in [0.2, 0.25) is 0 Å². The van der Waals surface area contributed by atoms with Crippen LogP contribution >= 0.6 is 24.8 Å². The summed E-state index contributed by atoms with van der Waals surface area (Å²) in [5.41, 5.74) is 1.18. The third kappa shape index (κ3) is 8.36. The molecule has 27 heavy (non-hydrogen) atoms. The van der Waals surface area contributed by atoms with Crippen LogP contribution in [-0.4, -0.2) is 56.7 Å². The number of carbonyl (C=O) groups is 1. The lowest BCUT2D eigenvalue weighted by Crippen LogP contribution is -2.43. The second-order valence-electron chi connectivity index (χ2n) is 7.18. The summed E-state index contributed by atoms with van der Waals surface area (Å²) < 4.78 is 5.44. The fourth-order valence-corrected chi connectivity index (χ4v) is 3.73. The molecule has 1 atom stereocenters. The van der Waals surface area contributed by atoms with Crippen molar-refractivity contribution in [1.82, 2.24) is 15.5 Å². The molecule has 154 valence electrons.